The third kappa shape index (κ3) is 11.4. The van der Waals surface area contributed by atoms with E-state index in [2.05, 4.69) is 370 Å². The Kier molecular flexibility index (Phi) is 16.0. The van der Waals surface area contributed by atoms with E-state index in [1.54, 1.807) is 0 Å². The van der Waals surface area contributed by atoms with E-state index in [0.717, 1.165) is 122 Å². The molecule has 0 N–H and O–H groups in total. The number of nitrogens with zero attached hydrogens (tertiary/aromatic N) is 10. The lowest BCUT2D eigenvalue weighted by atomic mass is 10.0. The van der Waals surface area contributed by atoms with Gasteiger partial charge in [-0.25, -0.2) is 9.97 Å². The van der Waals surface area contributed by atoms with Crippen molar-refractivity contribution in [2.24, 2.45) is 0 Å². The normalized spacial score (nSPS) is 11.6. The minimum Gasteiger partial charge on any atom is -0.307 e. The maximum atomic E-state index is 5.33. The standard InChI is InChI=1S/2C51H33N5/c1-4-14-34(15-5-1)36-24-28-38(29-25-36)49-52-50(39-30-26-37(27-31-39)35-16-6-2-7-17-35)54-51(53-49)56-46-23-13-11-21-42(46)44-33-32-43-41-20-10-12-22-45(41)55(47(43)48(44)56)40-18-8-3-9-19-40;1-4-14-34(15-5-1)35-24-26-36(27-25-35)37-28-30-40(31-29-37)55-45-22-12-10-20-41(45)43-32-33-44-42-21-11-13-23-46(42)56(48(44)47(43)55)51-53-49(38-16-6-2-7-17-38)52-50(54-51)39-18-8-3-9-19-39/h2*1-33H. The van der Waals surface area contributed by atoms with Gasteiger partial charge in [0.05, 0.1) is 44.1 Å². The van der Waals surface area contributed by atoms with Gasteiger partial charge in [-0.2, -0.15) is 19.9 Å². The van der Waals surface area contributed by atoms with Crippen LogP contribution in [0.4, 0.5) is 0 Å². The van der Waals surface area contributed by atoms with Gasteiger partial charge in [0.15, 0.2) is 23.3 Å². The van der Waals surface area contributed by atoms with Crippen molar-refractivity contribution in [2.45, 2.75) is 0 Å². The Morgan fingerprint density at radius 3 is 0.625 bits per heavy atom. The van der Waals surface area contributed by atoms with E-state index >= 15 is 0 Å². The van der Waals surface area contributed by atoms with Crippen molar-refractivity contribution in [1.29, 1.82) is 0 Å². The second kappa shape index (κ2) is 27.5. The van der Waals surface area contributed by atoms with Gasteiger partial charge in [0.2, 0.25) is 11.9 Å². The van der Waals surface area contributed by atoms with Crippen LogP contribution in [0.25, 0.3) is 201 Å². The quantitative estimate of drug-likeness (QED) is 0.121. The second-order valence-corrected chi connectivity index (χ2v) is 28.1. The molecule has 0 unspecified atom stereocenters. The molecule has 0 saturated heterocycles. The van der Waals surface area contributed by atoms with E-state index in [9.17, 15) is 0 Å². The van der Waals surface area contributed by atoms with Gasteiger partial charge in [-0.05, 0) is 93.0 Å². The maximum Gasteiger partial charge on any atom is 0.238 e. The molecule has 22 aromatic rings. The molecule has 16 aromatic carbocycles. The molecule has 22 rings (SSSR count). The summed E-state index contributed by atoms with van der Waals surface area (Å²) in [7, 11) is 0. The van der Waals surface area contributed by atoms with Crippen LogP contribution in [0.15, 0.2) is 400 Å². The van der Waals surface area contributed by atoms with Crippen molar-refractivity contribution >= 4 is 87.2 Å². The molecule has 524 valence electrons. The molecule has 0 radical (unpaired) electrons. The average molecular weight is 1430 g/mol. The van der Waals surface area contributed by atoms with Crippen molar-refractivity contribution < 1.29 is 0 Å². The minimum absolute atomic E-state index is 0.563. The molecular weight excluding hydrogens is 1370 g/mol. The van der Waals surface area contributed by atoms with Crippen LogP contribution in [0.1, 0.15) is 0 Å². The number of hydrogen-bond acceptors (Lipinski definition) is 6. The summed E-state index contributed by atoms with van der Waals surface area (Å²) in [4.78, 5) is 31.3. The van der Waals surface area contributed by atoms with E-state index < -0.39 is 0 Å². The number of hydrogen-bond donors (Lipinski definition) is 0. The van der Waals surface area contributed by atoms with E-state index in [0.29, 0.717) is 35.2 Å². The molecule has 10 nitrogen and oxygen atoms in total. The highest BCUT2D eigenvalue weighted by atomic mass is 15.2. The first-order valence-electron chi connectivity index (χ1n) is 37.7. The topological polar surface area (TPSA) is 97.1 Å². The smallest absolute Gasteiger partial charge is 0.238 e. The van der Waals surface area contributed by atoms with E-state index in [4.69, 9.17) is 29.9 Å². The lowest BCUT2D eigenvalue weighted by molar-refractivity contribution is 0.953. The lowest BCUT2D eigenvalue weighted by Gasteiger charge is -2.13. The molecule has 0 amide bonds. The van der Waals surface area contributed by atoms with Crippen molar-refractivity contribution in [3.8, 4) is 113 Å². The van der Waals surface area contributed by atoms with Crippen LogP contribution in [-0.2, 0) is 0 Å². The van der Waals surface area contributed by atoms with Crippen molar-refractivity contribution in [3.05, 3.63) is 400 Å². The predicted octanol–water partition coefficient (Wildman–Crippen LogP) is 25.5. The number of rotatable bonds is 12. The van der Waals surface area contributed by atoms with E-state index in [1.807, 2.05) is 48.5 Å². The molecule has 10 heteroatoms. The molecule has 6 aromatic heterocycles. The molecule has 0 aliphatic heterocycles. The zero-order chi connectivity index (χ0) is 74.0. The van der Waals surface area contributed by atoms with Crippen LogP contribution in [0.5, 0.6) is 0 Å². The molecule has 0 bridgehead atoms. The van der Waals surface area contributed by atoms with Crippen molar-refractivity contribution in [2.75, 3.05) is 0 Å². The molecule has 0 aliphatic carbocycles. The van der Waals surface area contributed by atoms with Gasteiger partial charge in [-0.1, -0.05) is 352 Å². The first kappa shape index (κ1) is 65.1. The Morgan fingerprint density at radius 2 is 0.330 bits per heavy atom. The Balaban J connectivity index is 0.000000141. The lowest BCUT2D eigenvalue weighted by Crippen LogP contribution is -2.07. The Bertz CT molecular complexity index is 7130. The number of fused-ring (bicyclic) bond motifs is 14. The highest BCUT2D eigenvalue weighted by molar-refractivity contribution is 6.25. The molecule has 6 heterocycles. The van der Waals surface area contributed by atoms with Crippen LogP contribution < -0.4 is 0 Å². The summed E-state index contributed by atoms with van der Waals surface area (Å²) >= 11 is 0. The first-order valence-corrected chi connectivity index (χ1v) is 37.7. The first-order chi connectivity index (χ1) is 55.6. The Morgan fingerprint density at radius 1 is 0.134 bits per heavy atom. The second-order valence-electron chi connectivity index (χ2n) is 28.1. The van der Waals surface area contributed by atoms with Crippen LogP contribution in [0.3, 0.4) is 0 Å². The van der Waals surface area contributed by atoms with Gasteiger partial charge in [0.1, 0.15) is 0 Å². The molecule has 0 spiro atoms. The monoisotopic (exact) mass is 1430 g/mol. The SMILES string of the molecule is c1ccc(-c2ccc(-c3ccc(-n4c5ccccc5c5ccc6c7ccccc7n(-c7nc(-c8ccccc8)nc(-c8ccccc8)n7)c6c54)cc3)cc2)cc1.c1ccc(-c2ccc(-c3nc(-c4ccc(-c5ccccc5)cc4)nc(-n4c5ccccc5c5ccc6c7ccccc7n(-c7ccccc7)c6c54)n3)cc2)cc1. The Hall–Kier alpha value is -15.3. The summed E-state index contributed by atoms with van der Waals surface area (Å²) in [6.07, 6.45) is 0. The van der Waals surface area contributed by atoms with Crippen molar-refractivity contribution in [1.82, 2.24) is 48.2 Å². The zero-order valence-corrected chi connectivity index (χ0v) is 60.6. The number of para-hydroxylation sites is 5. The fourth-order valence-corrected chi connectivity index (χ4v) is 16.3. The highest BCUT2D eigenvalue weighted by Gasteiger charge is 2.27. The van der Waals surface area contributed by atoms with Gasteiger partial charge in [-0.3, -0.25) is 9.13 Å². The molecule has 0 saturated carbocycles. The summed E-state index contributed by atoms with van der Waals surface area (Å²) in [6, 6.07) is 141. The van der Waals surface area contributed by atoms with Gasteiger partial charge in [0, 0.05) is 76.7 Å². The predicted molar refractivity (Wildman–Crippen MR) is 460 cm³/mol. The average Bonchev–Trinajstić information content (AvgIpc) is 1.55. The summed E-state index contributed by atoms with van der Waals surface area (Å²) in [6.45, 7) is 0. The minimum atomic E-state index is 0.563. The summed E-state index contributed by atoms with van der Waals surface area (Å²) in [5.41, 5.74) is 23.9. The molecule has 0 atom stereocenters. The van der Waals surface area contributed by atoms with Gasteiger partial charge in [0.25, 0.3) is 0 Å². The largest absolute Gasteiger partial charge is 0.307 e. The van der Waals surface area contributed by atoms with Gasteiger partial charge >= 0.3 is 0 Å². The fraction of sp³-hybridized carbons (Fsp3) is 0. The van der Waals surface area contributed by atoms with Crippen LogP contribution in [0.2, 0.25) is 0 Å². The van der Waals surface area contributed by atoms with Crippen LogP contribution >= 0.6 is 0 Å². The summed E-state index contributed by atoms with van der Waals surface area (Å²) in [5, 5.41) is 9.26. The molecule has 0 aliphatic rings. The van der Waals surface area contributed by atoms with E-state index in [1.165, 1.54) is 43.8 Å². The zero-order valence-electron chi connectivity index (χ0n) is 60.6. The van der Waals surface area contributed by atoms with E-state index in [-0.39, 0.29) is 0 Å². The third-order valence-electron chi connectivity index (χ3n) is 21.6. The Labute approximate surface area is 645 Å². The van der Waals surface area contributed by atoms with Crippen molar-refractivity contribution in [3.63, 3.8) is 0 Å². The number of benzene rings is 16. The molecule has 0 fully saturated rings. The van der Waals surface area contributed by atoms with Gasteiger partial charge < -0.3 is 9.13 Å². The summed E-state index contributed by atoms with van der Waals surface area (Å²) < 4.78 is 9.28. The highest BCUT2D eigenvalue weighted by Crippen LogP contribution is 2.45. The summed E-state index contributed by atoms with van der Waals surface area (Å²) in [5.74, 6) is 3.60. The third-order valence-corrected chi connectivity index (χ3v) is 21.6. The van der Waals surface area contributed by atoms with Gasteiger partial charge in [-0.15, -0.1) is 0 Å². The maximum absolute atomic E-state index is 5.33. The number of aromatic nitrogens is 10. The molecule has 112 heavy (non-hydrogen) atoms. The van der Waals surface area contributed by atoms with Crippen LogP contribution in [-0.4, -0.2) is 48.2 Å². The molecular formula is C102H66N10. The fourth-order valence-electron chi connectivity index (χ4n) is 16.3. The van der Waals surface area contributed by atoms with Crippen LogP contribution in [0, 0.1) is 0 Å².